The fraction of sp³-hybridized carbons (Fsp3) is 0.581. The highest BCUT2D eigenvalue weighted by atomic mass is 32.1. The van der Waals surface area contributed by atoms with E-state index in [4.69, 9.17) is 24.9 Å². The van der Waals surface area contributed by atoms with Gasteiger partial charge in [-0.3, -0.25) is 14.4 Å². The van der Waals surface area contributed by atoms with Gasteiger partial charge in [-0.25, -0.2) is 4.98 Å². The molecule has 54 heavy (non-hydrogen) atoms. The predicted octanol–water partition coefficient (Wildman–Crippen LogP) is 8.44. The van der Waals surface area contributed by atoms with Gasteiger partial charge >= 0.3 is 5.97 Å². The number of carbonyl (C=O) groups is 3. The van der Waals surface area contributed by atoms with E-state index < -0.39 is 0 Å². The molecule has 1 aromatic heterocycles. The van der Waals surface area contributed by atoms with Crippen LogP contribution in [0.25, 0.3) is 0 Å². The first-order valence-electron chi connectivity index (χ1n) is 20.0. The zero-order valence-corrected chi connectivity index (χ0v) is 34.0. The minimum atomic E-state index is -0.353. The third kappa shape index (κ3) is 15.9. The first-order valence-corrected chi connectivity index (χ1v) is 20.8. The maximum Gasteiger partial charge on any atom is 0.306 e. The summed E-state index contributed by atoms with van der Waals surface area (Å²) in [5.41, 5.74) is 7.83. The Morgan fingerprint density at radius 3 is 2.31 bits per heavy atom. The van der Waals surface area contributed by atoms with Crippen molar-refractivity contribution in [2.24, 2.45) is 11.7 Å². The number of esters is 1. The van der Waals surface area contributed by atoms with Crippen molar-refractivity contribution in [2.45, 2.75) is 130 Å². The number of benzene rings is 2. The van der Waals surface area contributed by atoms with Crippen LogP contribution in [0.2, 0.25) is 0 Å². The van der Waals surface area contributed by atoms with Gasteiger partial charge in [-0.1, -0.05) is 83.5 Å². The van der Waals surface area contributed by atoms with Crippen molar-refractivity contribution in [1.82, 2.24) is 15.2 Å². The molecule has 3 atom stereocenters. The summed E-state index contributed by atoms with van der Waals surface area (Å²) in [6.07, 6.45) is 7.22. The molecule has 0 aliphatic carbocycles. The number of carbonyl (C=O) groups excluding carboxylic acids is 3. The molecule has 1 heterocycles. The van der Waals surface area contributed by atoms with Gasteiger partial charge < -0.3 is 30.2 Å². The minimum Gasteiger partial charge on any atom is -0.494 e. The van der Waals surface area contributed by atoms with Gasteiger partial charge in [-0.15, -0.1) is 11.3 Å². The number of hydrogen-bond acceptors (Lipinski definition) is 9. The third-order valence-electron chi connectivity index (χ3n) is 9.26. The Morgan fingerprint density at radius 1 is 0.889 bits per heavy atom. The number of unbranched alkanes of at least 4 members (excludes halogenated alkanes) is 2. The Morgan fingerprint density at radius 2 is 1.65 bits per heavy atom. The number of ether oxygens (including phenoxy) is 3. The second-order valence-electron chi connectivity index (χ2n) is 14.2. The molecule has 2 amide bonds. The average molecular weight is 765 g/mol. The largest absolute Gasteiger partial charge is 0.494 e. The van der Waals surface area contributed by atoms with Crippen LogP contribution in [0.3, 0.4) is 0 Å². The fourth-order valence-electron chi connectivity index (χ4n) is 6.24. The maximum absolute atomic E-state index is 13.8. The maximum atomic E-state index is 13.8. The molecule has 10 nitrogen and oxygen atoms in total. The van der Waals surface area contributed by atoms with Gasteiger partial charge in [0, 0.05) is 49.9 Å². The molecular weight excluding hydrogens is 701 g/mol. The highest BCUT2D eigenvalue weighted by Gasteiger charge is 2.31. The highest BCUT2D eigenvalue weighted by Crippen LogP contribution is 2.31. The van der Waals surface area contributed by atoms with Crippen molar-refractivity contribution in [3.05, 3.63) is 81.8 Å². The van der Waals surface area contributed by atoms with Crippen molar-refractivity contribution in [3.63, 3.8) is 0 Å². The SMILES string of the molecule is CCCCC(=O)N(CCC)C(CC(OCCC)c1nc(C(=O)NC(CCC(=O)OCc2ccccc2)Cc2ccc(OCCCCN)cc2)cs1)C(C)C. The van der Waals surface area contributed by atoms with Crippen LogP contribution in [0.1, 0.15) is 132 Å². The second-order valence-corrected chi connectivity index (χ2v) is 15.1. The molecule has 0 fully saturated rings. The van der Waals surface area contributed by atoms with Crippen LogP contribution in [0.15, 0.2) is 60.0 Å². The first-order chi connectivity index (χ1) is 26.2. The lowest BCUT2D eigenvalue weighted by Gasteiger charge is -2.36. The van der Waals surface area contributed by atoms with Crippen LogP contribution in [0.5, 0.6) is 5.75 Å². The van der Waals surface area contributed by atoms with Crippen LogP contribution in [0, 0.1) is 5.92 Å². The van der Waals surface area contributed by atoms with E-state index in [1.807, 2.05) is 59.5 Å². The summed E-state index contributed by atoms with van der Waals surface area (Å²) in [5, 5.41) is 5.65. The molecule has 298 valence electrons. The summed E-state index contributed by atoms with van der Waals surface area (Å²) in [5.74, 6) is 0.548. The summed E-state index contributed by atoms with van der Waals surface area (Å²) >= 11 is 1.41. The number of thiazole rings is 1. The Hall–Kier alpha value is -3.80. The third-order valence-corrected chi connectivity index (χ3v) is 10.2. The molecule has 0 aliphatic rings. The topological polar surface area (TPSA) is 133 Å². The van der Waals surface area contributed by atoms with Crippen molar-refractivity contribution in [2.75, 3.05) is 26.3 Å². The smallest absolute Gasteiger partial charge is 0.306 e. The van der Waals surface area contributed by atoms with Gasteiger partial charge in [-0.2, -0.15) is 0 Å². The van der Waals surface area contributed by atoms with Gasteiger partial charge in [0.25, 0.3) is 5.91 Å². The van der Waals surface area contributed by atoms with Crippen molar-refractivity contribution in [3.8, 4) is 5.75 Å². The Labute approximate surface area is 327 Å². The number of amides is 2. The number of hydrogen-bond donors (Lipinski definition) is 2. The van der Waals surface area contributed by atoms with Gasteiger partial charge in [-0.05, 0) is 80.7 Å². The average Bonchev–Trinajstić information content (AvgIpc) is 3.68. The molecule has 3 unspecified atom stereocenters. The lowest BCUT2D eigenvalue weighted by atomic mass is 9.95. The van der Waals surface area contributed by atoms with Gasteiger partial charge in [0.15, 0.2) is 0 Å². The van der Waals surface area contributed by atoms with Gasteiger partial charge in [0.05, 0.1) is 6.61 Å². The molecule has 0 aliphatic heterocycles. The second kappa shape index (κ2) is 25.3. The molecule has 3 N–H and O–H groups in total. The van der Waals surface area contributed by atoms with Crippen molar-refractivity contribution >= 4 is 29.1 Å². The lowest BCUT2D eigenvalue weighted by molar-refractivity contribution is -0.145. The van der Waals surface area contributed by atoms with Crippen molar-refractivity contribution < 1.29 is 28.6 Å². The molecule has 2 aromatic carbocycles. The van der Waals surface area contributed by atoms with Crippen molar-refractivity contribution in [1.29, 1.82) is 0 Å². The Balaban J connectivity index is 1.76. The van der Waals surface area contributed by atoms with E-state index in [1.54, 1.807) is 5.38 Å². The van der Waals surface area contributed by atoms with E-state index in [0.29, 0.717) is 57.7 Å². The molecule has 0 spiro atoms. The first kappa shape index (κ1) is 44.6. The minimum absolute atomic E-state index is 0.0221. The van der Waals surface area contributed by atoms with E-state index in [1.165, 1.54) is 11.3 Å². The van der Waals surface area contributed by atoms with E-state index in [-0.39, 0.29) is 54.9 Å². The molecule has 3 aromatic rings. The zero-order chi connectivity index (χ0) is 39.1. The Kier molecular flexibility index (Phi) is 20.9. The van der Waals surface area contributed by atoms with Crippen LogP contribution in [-0.4, -0.2) is 66.1 Å². The Bertz CT molecular complexity index is 1500. The zero-order valence-electron chi connectivity index (χ0n) is 33.2. The quantitative estimate of drug-likeness (QED) is 0.0584. The molecule has 0 saturated carbocycles. The number of aromatic nitrogens is 1. The predicted molar refractivity (Wildman–Crippen MR) is 217 cm³/mol. The molecule has 3 rings (SSSR count). The number of nitrogens with one attached hydrogen (secondary N) is 1. The summed E-state index contributed by atoms with van der Waals surface area (Å²) in [6, 6.07) is 17.0. The van der Waals surface area contributed by atoms with E-state index in [0.717, 1.165) is 60.4 Å². The summed E-state index contributed by atoms with van der Waals surface area (Å²) in [4.78, 5) is 46.8. The number of nitrogens with two attached hydrogens (primary N) is 1. The van der Waals surface area contributed by atoms with E-state index >= 15 is 0 Å². The number of rotatable bonds is 27. The normalized spacial score (nSPS) is 12.9. The van der Waals surface area contributed by atoms with Crippen LogP contribution >= 0.6 is 11.3 Å². The van der Waals surface area contributed by atoms with Crippen LogP contribution in [-0.2, 0) is 32.1 Å². The molecular formula is C43H64N4O6S. The lowest BCUT2D eigenvalue weighted by Crippen LogP contribution is -2.44. The van der Waals surface area contributed by atoms with E-state index in [2.05, 4.69) is 39.9 Å². The van der Waals surface area contributed by atoms with E-state index in [9.17, 15) is 14.4 Å². The van der Waals surface area contributed by atoms with Crippen LogP contribution < -0.4 is 15.8 Å². The number of nitrogens with zero attached hydrogens (tertiary/aromatic N) is 2. The summed E-state index contributed by atoms with van der Waals surface area (Å²) in [7, 11) is 0. The molecule has 0 bridgehead atoms. The molecule has 0 radical (unpaired) electrons. The highest BCUT2D eigenvalue weighted by molar-refractivity contribution is 7.09. The fourth-order valence-corrected chi connectivity index (χ4v) is 7.10. The standard InChI is InChI=1S/C43H64N4O6S/c1-6-9-17-40(48)47(25-7-2)38(32(4)5)29-39(52-26-8-3)43-46-37(31-54-43)42(50)45-35(20-23-41(49)53-30-34-15-11-10-12-16-34)28-33-18-21-36(22-19-33)51-27-14-13-24-44/h10-12,15-16,18-19,21-22,31-32,35,38-39H,6-9,13-14,17,20,23-30,44H2,1-5H3,(H,45,50). The van der Waals surface area contributed by atoms with Gasteiger partial charge in [0.2, 0.25) is 5.91 Å². The van der Waals surface area contributed by atoms with Gasteiger partial charge in [0.1, 0.15) is 29.2 Å². The monoisotopic (exact) mass is 764 g/mol. The van der Waals surface area contributed by atoms with Crippen LogP contribution in [0.4, 0.5) is 0 Å². The molecule has 0 saturated heterocycles. The molecule has 11 heteroatoms. The summed E-state index contributed by atoms with van der Waals surface area (Å²) < 4.78 is 17.8. The summed E-state index contributed by atoms with van der Waals surface area (Å²) in [6.45, 7) is 13.3.